The Morgan fingerprint density at radius 2 is 1.72 bits per heavy atom. The Bertz CT molecular complexity index is 935. The number of carbonyl (C=O) groups is 1. The maximum absolute atomic E-state index is 12.6. The SMILES string of the molecule is C[NH+](C)[C@@H](CNC(=O)c1n[nH]c(=O)c2ccccc12)c1ccccc1. The Morgan fingerprint density at radius 3 is 2.40 bits per heavy atom. The van der Waals surface area contributed by atoms with Gasteiger partial charge in [0.05, 0.1) is 26.0 Å². The fraction of sp³-hybridized carbons (Fsp3) is 0.211. The molecular weight excluding hydrogens is 316 g/mol. The standard InChI is InChI=1S/C19H20N4O2/c1-23(2)16(13-8-4-3-5-9-13)12-20-19(25)17-14-10-6-7-11-15(14)18(24)22-21-17/h3-11,16H,12H2,1-2H3,(H,20,25)(H,22,24)/p+1/t16-/m0/s1. The van der Waals surface area contributed by atoms with Crippen LogP contribution in [0, 0.1) is 0 Å². The van der Waals surface area contributed by atoms with Gasteiger partial charge in [-0.15, -0.1) is 0 Å². The Labute approximate surface area is 145 Å². The highest BCUT2D eigenvalue weighted by Crippen LogP contribution is 2.13. The molecule has 1 amide bonds. The second-order valence-electron chi connectivity index (χ2n) is 6.20. The van der Waals surface area contributed by atoms with Gasteiger partial charge in [0.25, 0.3) is 11.5 Å². The summed E-state index contributed by atoms with van der Waals surface area (Å²) in [6.45, 7) is 0.473. The van der Waals surface area contributed by atoms with Crippen molar-refractivity contribution in [1.29, 1.82) is 0 Å². The van der Waals surface area contributed by atoms with E-state index < -0.39 is 0 Å². The quantitative estimate of drug-likeness (QED) is 0.636. The Kier molecular flexibility index (Phi) is 4.90. The number of rotatable bonds is 5. The van der Waals surface area contributed by atoms with Crippen molar-refractivity contribution in [1.82, 2.24) is 15.5 Å². The van der Waals surface area contributed by atoms with Crippen LogP contribution < -0.4 is 15.8 Å². The van der Waals surface area contributed by atoms with Gasteiger partial charge < -0.3 is 10.2 Å². The molecule has 0 saturated heterocycles. The first-order valence-corrected chi connectivity index (χ1v) is 8.18. The number of hydrogen-bond acceptors (Lipinski definition) is 3. The highest BCUT2D eigenvalue weighted by atomic mass is 16.2. The number of carbonyl (C=O) groups excluding carboxylic acids is 1. The molecule has 3 N–H and O–H groups in total. The minimum absolute atomic E-state index is 0.124. The summed E-state index contributed by atoms with van der Waals surface area (Å²) in [4.78, 5) is 25.7. The monoisotopic (exact) mass is 337 g/mol. The van der Waals surface area contributed by atoms with Crippen LogP contribution in [0.4, 0.5) is 0 Å². The van der Waals surface area contributed by atoms with Gasteiger partial charge in [-0.2, -0.15) is 5.10 Å². The van der Waals surface area contributed by atoms with Crippen LogP contribution in [-0.2, 0) is 0 Å². The largest absolute Gasteiger partial charge is 0.344 e. The van der Waals surface area contributed by atoms with E-state index in [2.05, 4.69) is 41.7 Å². The van der Waals surface area contributed by atoms with Crippen molar-refractivity contribution in [2.75, 3.05) is 20.6 Å². The maximum atomic E-state index is 12.6. The fourth-order valence-corrected chi connectivity index (χ4v) is 2.91. The van der Waals surface area contributed by atoms with E-state index in [1.165, 1.54) is 4.90 Å². The predicted molar refractivity (Wildman–Crippen MR) is 96.7 cm³/mol. The van der Waals surface area contributed by atoms with E-state index in [-0.39, 0.29) is 23.2 Å². The topological polar surface area (TPSA) is 79.3 Å². The summed E-state index contributed by atoms with van der Waals surface area (Å²) in [5.41, 5.74) is 1.09. The van der Waals surface area contributed by atoms with Crippen LogP contribution in [0.5, 0.6) is 0 Å². The second-order valence-corrected chi connectivity index (χ2v) is 6.20. The van der Waals surface area contributed by atoms with E-state index in [1.54, 1.807) is 24.3 Å². The molecule has 0 aliphatic rings. The lowest BCUT2D eigenvalue weighted by atomic mass is 10.1. The predicted octanol–water partition coefficient (Wildman–Crippen LogP) is 0.539. The van der Waals surface area contributed by atoms with Gasteiger partial charge in [0.2, 0.25) is 0 Å². The number of H-pyrrole nitrogens is 1. The molecule has 0 bridgehead atoms. The summed E-state index contributed by atoms with van der Waals surface area (Å²) in [6, 6.07) is 17.2. The molecule has 1 heterocycles. The molecule has 6 heteroatoms. The summed E-state index contributed by atoms with van der Waals surface area (Å²) < 4.78 is 0. The minimum atomic E-state index is -0.299. The molecule has 0 aliphatic heterocycles. The summed E-state index contributed by atoms with van der Waals surface area (Å²) in [5.74, 6) is -0.297. The van der Waals surface area contributed by atoms with Crippen LogP contribution in [0.25, 0.3) is 10.8 Å². The number of benzene rings is 2. The van der Waals surface area contributed by atoms with E-state index in [0.29, 0.717) is 17.3 Å². The number of likely N-dealkylation sites (N-methyl/N-ethyl adjacent to an activating group) is 1. The molecule has 128 valence electrons. The van der Waals surface area contributed by atoms with Gasteiger partial charge in [-0.1, -0.05) is 48.5 Å². The molecule has 0 spiro atoms. The number of aromatic nitrogens is 2. The zero-order valence-corrected chi connectivity index (χ0v) is 14.2. The summed E-state index contributed by atoms with van der Waals surface area (Å²) in [5, 5.41) is 10.3. The number of hydrogen-bond donors (Lipinski definition) is 3. The molecule has 3 rings (SSSR count). The Hall–Kier alpha value is -2.99. The third-order valence-electron chi connectivity index (χ3n) is 4.28. The lowest BCUT2D eigenvalue weighted by Crippen LogP contribution is -3.07. The van der Waals surface area contributed by atoms with Gasteiger partial charge in [-0.05, 0) is 6.07 Å². The van der Waals surface area contributed by atoms with Crippen molar-refractivity contribution < 1.29 is 9.69 Å². The number of fused-ring (bicyclic) bond motifs is 1. The smallest absolute Gasteiger partial charge is 0.272 e. The van der Waals surface area contributed by atoms with E-state index in [4.69, 9.17) is 0 Å². The van der Waals surface area contributed by atoms with Crippen molar-refractivity contribution in [2.24, 2.45) is 0 Å². The van der Waals surface area contributed by atoms with Crippen molar-refractivity contribution >= 4 is 16.7 Å². The van der Waals surface area contributed by atoms with Gasteiger partial charge in [-0.25, -0.2) is 5.10 Å². The zero-order chi connectivity index (χ0) is 17.8. The molecule has 0 saturated carbocycles. The molecular formula is C19H21N4O2+. The number of quaternary nitrogens is 1. The number of aromatic amines is 1. The summed E-state index contributed by atoms with van der Waals surface area (Å²) >= 11 is 0. The van der Waals surface area contributed by atoms with Gasteiger partial charge in [0.1, 0.15) is 6.04 Å². The average Bonchev–Trinajstić information content (AvgIpc) is 2.63. The maximum Gasteiger partial charge on any atom is 0.272 e. The van der Waals surface area contributed by atoms with Crippen LogP contribution in [0.3, 0.4) is 0 Å². The molecule has 25 heavy (non-hydrogen) atoms. The molecule has 0 aliphatic carbocycles. The average molecular weight is 337 g/mol. The van der Waals surface area contributed by atoms with Gasteiger partial charge in [0.15, 0.2) is 5.69 Å². The molecule has 0 radical (unpaired) electrons. The normalized spacial score (nSPS) is 12.3. The van der Waals surface area contributed by atoms with Crippen molar-refractivity contribution in [2.45, 2.75) is 6.04 Å². The van der Waals surface area contributed by atoms with Crippen LogP contribution in [-0.4, -0.2) is 36.7 Å². The highest BCUT2D eigenvalue weighted by molar-refractivity contribution is 6.04. The molecule has 3 aromatic rings. The number of amides is 1. The van der Waals surface area contributed by atoms with Gasteiger partial charge in [0, 0.05) is 10.9 Å². The summed E-state index contributed by atoms with van der Waals surface area (Å²) in [7, 11) is 4.11. The highest BCUT2D eigenvalue weighted by Gasteiger charge is 2.20. The molecule has 1 aromatic heterocycles. The first-order valence-electron chi connectivity index (χ1n) is 8.18. The molecule has 0 unspecified atom stereocenters. The first kappa shape index (κ1) is 16.9. The fourth-order valence-electron chi connectivity index (χ4n) is 2.91. The second kappa shape index (κ2) is 7.27. The molecule has 0 fully saturated rings. The third kappa shape index (κ3) is 3.59. The van der Waals surface area contributed by atoms with Crippen molar-refractivity contribution in [3.8, 4) is 0 Å². The first-order chi connectivity index (χ1) is 12.1. The van der Waals surface area contributed by atoms with E-state index in [0.717, 1.165) is 5.56 Å². The van der Waals surface area contributed by atoms with E-state index in [9.17, 15) is 9.59 Å². The lowest BCUT2D eigenvalue weighted by molar-refractivity contribution is -0.890. The van der Waals surface area contributed by atoms with Crippen LogP contribution in [0.15, 0.2) is 59.4 Å². The van der Waals surface area contributed by atoms with Crippen molar-refractivity contribution in [3.05, 3.63) is 76.2 Å². The number of nitrogens with one attached hydrogen (secondary N) is 3. The van der Waals surface area contributed by atoms with E-state index in [1.807, 2.05) is 18.2 Å². The zero-order valence-electron chi connectivity index (χ0n) is 14.2. The van der Waals surface area contributed by atoms with Gasteiger partial charge >= 0.3 is 0 Å². The molecule has 6 nitrogen and oxygen atoms in total. The number of nitrogens with zero attached hydrogens (tertiary/aromatic N) is 1. The van der Waals surface area contributed by atoms with E-state index >= 15 is 0 Å². The lowest BCUT2D eigenvalue weighted by Gasteiger charge is -2.22. The summed E-state index contributed by atoms with van der Waals surface area (Å²) in [6.07, 6.45) is 0. The van der Waals surface area contributed by atoms with Crippen molar-refractivity contribution in [3.63, 3.8) is 0 Å². The van der Waals surface area contributed by atoms with Crippen LogP contribution in [0.1, 0.15) is 22.1 Å². The Morgan fingerprint density at radius 1 is 1.08 bits per heavy atom. The van der Waals surface area contributed by atoms with Crippen LogP contribution >= 0.6 is 0 Å². The Balaban J connectivity index is 1.83. The molecule has 1 atom stereocenters. The third-order valence-corrected chi connectivity index (χ3v) is 4.28. The minimum Gasteiger partial charge on any atom is -0.344 e. The van der Waals surface area contributed by atoms with Gasteiger partial charge in [-0.3, -0.25) is 9.59 Å². The van der Waals surface area contributed by atoms with Crippen LogP contribution in [0.2, 0.25) is 0 Å². The molecule has 2 aromatic carbocycles.